The lowest BCUT2D eigenvalue weighted by Gasteiger charge is -2.32. The van der Waals surface area contributed by atoms with Gasteiger partial charge >= 0.3 is 12.0 Å². The Kier molecular flexibility index (Phi) is 4.95. The van der Waals surface area contributed by atoms with Crippen LogP contribution in [0.25, 0.3) is 0 Å². The van der Waals surface area contributed by atoms with Crippen molar-refractivity contribution in [1.29, 1.82) is 0 Å². The first-order valence-corrected chi connectivity index (χ1v) is 6.43. The molecule has 1 fully saturated rings. The van der Waals surface area contributed by atoms with Gasteiger partial charge in [0.1, 0.15) is 5.54 Å². The number of carboxylic acid groups (broad SMARTS) is 1. The summed E-state index contributed by atoms with van der Waals surface area (Å²) in [5.74, 6) is -1.01. The van der Waals surface area contributed by atoms with Gasteiger partial charge in [-0.3, -0.25) is 0 Å². The van der Waals surface area contributed by atoms with Gasteiger partial charge in [-0.1, -0.05) is 13.8 Å². The average molecular weight is 258 g/mol. The molecule has 2 amide bonds. The predicted octanol–water partition coefficient (Wildman–Crippen LogP) is 0.796. The minimum Gasteiger partial charge on any atom is -0.480 e. The Bertz CT molecular complexity index is 311. The first kappa shape index (κ1) is 14.8. The third-order valence-corrected chi connectivity index (χ3v) is 3.55. The van der Waals surface area contributed by atoms with E-state index < -0.39 is 17.5 Å². The van der Waals surface area contributed by atoms with Crippen LogP contribution >= 0.6 is 0 Å². The molecule has 0 aliphatic heterocycles. The molecule has 6 nitrogen and oxygen atoms in total. The van der Waals surface area contributed by atoms with Crippen molar-refractivity contribution in [2.75, 3.05) is 13.2 Å². The number of urea groups is 1. The number of nitrogens with zero attached hydrogens (tertiary/aromatic N) is 1. The fraction of sp³-hybridized carbons (Fsp3) is 0.833. The predicted molar refractivity (Wildman–Crippen MR) is 66.3 cm³/mol. The van der Waals surface area contributed by atoms with Gasteiger partial charge in [0.2, 0.25) is 0 Å². The Morgan fingerprint density at radius 3 is 2.22 bits per heavy atom. The van der Waals surface area contributed by atoms with Crippen LogP contribution in [0.2, 0.25) is 0 Å². The molecule has 1 aliphatic rings. The molecule has 0 radical (unpaired) electrons. The van der Waals surface area contributed by atoms with Crippen molar-refractivity contribution in [2.24, 2.45) is 0 Å². The maximum Gasteiger partial charge on any atom is 0.329 e. The summed E-state index contributed by atoms with van der Waals surface area (Å²) < 4.78 is 0. The maximum absolute atomic E-state index is 12.1. The van der Waals surface area contributed by atoms with Gasteiger partial charge < -0.3 is 20.4 Å². The van der Waals surface area contributed by atoms with Crippen LogP contribution in [0, 0.1) is 0 Å². The lowest BCUT2D eigenvalue weighted by Crippen LogP contribution is -2.58. The van der Waals surface area contributed by atoms with E-state index >= 15 is 0 Å². The standard InChI is InChI=1S/C12H22N2O4/c1-3-12(4-2,10(16)17)13-11(18)14(7-8-15)9-5-6-9/h9,15H,3-8H2,1-2H3,(H,13,18)(H,16,17). The van der Waals surface area contributed by atoms with Crippen molar-refractivity contribution >= 4 is 12.0 Å². The Labute approximate surface area is 107 Å². The van der Waals surface area contributed by atoms with Crippen LogP contribution in [0.5, 0.6) is 0 Å². The van der Waals surface area contributed by atoms with Gasteiger partial charge in [0.15, 0.2) is 0 Å². The SMILES string of the molecule is CCC(CC)(NC(=O)N(CCO)C1CC1)C(=O)O. The highest BCUT2D eigenvalue weighted by molar-refractivity contribution is 5.86. The highest BCUT2D eigenvalue weighted by atomic mass is 16.4. The van der Waals surface area contributed by atoms with Crippen LogP contribution in [0.15, 0.2) is 0 Å². The molecule has 0 saturated heterocycles. The molecule has 1 saturated carbocycles. The summed E-state index contributed by atoms with van der Waals surface area (Å²) >= 11 is 0. The van der Waals surface area contributed by atoms with Crippen LogP contribution in [0.4, 0.5) is 4.79 Å². The van der Waals surface area contributed by atoms with E-state index in [9.17, 15) is 14.7 Å². The van der Waals surface area contributed by atoms with Crippen molar-refractivity contribution in [1.82, 2.24) is 10.2 Å². The maximum atomic E-state index is 12.1. The number of carboxylic acids is 1. The molecule has 0 atom stereocenters. The van der Waals surface area contributed by atoms with Crippen molar-refractivity contribution in [2.45, 2.75) is 51.1 Å². The van der Waals surface area contributed by atoms with Gasteiger partial charge in [-0.2, -0.15) is 0 Å². The quantitative estimate of drug-likeness (QED) is 0.630. The summed E-state index contributed by atoms with van der Waals surface area (Å²) in [5, 5.41) is 20.8. The fourth-order valence-corrected chi connectivity index (χ4v) is 2.00. The second-order valence-electron chi connectivity index (χ2n) is 4.67. The van der Waals surface area contributed by atoms with Gasteiger partial charge in [-0.05, 0) is 25.7 Å². The van der Waals surface area contributed by atoms with Crippen LogP contribution in [0.3, 0.4) is 0 Å². The Morgan fingerprint density at radius 2 is 1.89 bits per heavy atom. The number of aliphatic hydroxyl groups is 1. The molecule has 0 heterocycles. The number of aliphatic hydroxyl groups excluding tert-OH is 1. The Hall–Kier alpha value is -1.30. The molecule has 0 unspecified atom stereocenters. The van der Waals surface area contributed by atoms with Gasteiger partial charge in [0.25, 0.3) is 0 Å². The lowest BCUT2D eigenvalue weighted by atomic mass is 9.93. The molecule has 0 aromatic rings. The van der Waals surface area contributed by atoms with E-state index in [-0.39, 0.29) is 19.2 Å². The number of hydrogen-bond donors (Lipinski definition) is 3. The van der Waals surface area contributed by atoms with Gasteiger partial charge in [-0.15, -0.1) is 0 Å². The summed E-state index contributed by atoms with van der Waals surface area (Å²) in [7, 11) is 0. The number of amides is 2. The smallest absolute Gasteiger partial charge is 0.329 e. The van der Waals surface area contributed by atoms with E-state index in [1.807, 2.05) is 0 Å². The summed E-state index contributed by atoms with van der Waals surface area (Å²) in [5.41, 5.74) is -1.21. The Balaban J connectivity index is 2.73. The second kappa shape index (κ2) is 6.04. The lowest BCUT2D eigenvalue weighted by molar-refractivity contribution is -0.144. The second-order valence-corrected chi connectivity index (χ2v) is 4.67. The molecular weight excluding hydrogens is 236 g/mol. The number of carbonyl (C=O) groups excluding carboxylic acids is 1. The number of carbonyl (C=O) groups is 2. The van der Waals surface area contributed by atoms with Crippen molar-refractivity contribution in [3.05, 3.63) is 0 Å². The summed E-state index contributed by atoms with van der Waals surface area (Å²) in [6, 6.07) is -0.241. The summed E-state index contributed by atoms with van der Waals surface area (Å²) in [6.07, 6.45) is 2.52. The highest BCUT2D eigenvalue weighted by Crippen LogP contribution is 2.27. The van der Waals surface area contributed by atoms with Crippen molar-refractivity contribution < 1.29 is 19.8 Å². The molecule has 0 bridgehead atoms. The van der Waals surface area contributed by atoms with Crippen LogP contribution in [-0.4, -0.2) is 51.8 Å². The van der Waals surface area contributed by atoms with Crippen molar-refractivity contribution in [3.63, 3.8) is 0 Å². The molecule has 18 heavy (non-hydrogen) atoms. The van der Waals surface area contributed by atoms with Gasteiger partial charge in [0, 0.05) is 12.6 Å². The van der Waals surface area contributed by atoms with Crippen LogP contribution < -0.4 is 5.32 Å². The van der Waals surface area contributed by atoms with E-state index in [1.165, 1.54) is 4.90 Å². The zero-order valence-corrected chi connectivity index (χ0v) is 11.0. The molecule has 0 spiro atoms. The zero-order chi connectivity index (χ0) is 13.8. The average Bonchev–Trinajstić information content (AvgIpc) is 3.16. The zero-order valence-electron chi connectivity index (χ0n) is 11.0. The summed E-state index contributed by atoms with van der Waals surface area (Å²) in [6.45, 7) is 3.62. The molecular formula is C12H22N2O4. The van der Waals surface area contributed by atoms with Crippen LogP contribution in [0.1, 0.15) is 39.5 Å². The molecule has 6 heteroatoms. The third kappa shape index (κ3) is 3.13. The number of aliphatic carboxylic acids is 1. The van der Waals surface area contributed by atoms with E-state index in [0.29, 0.717) is 12.8 Å². The molecule has 1 rings (SSSR count). The van der Waals surface area contributed by atoms with Gasteiger partial charge in [0.05, 0.1) is 6.61 Å². The van der Waals surface area contributed by atoms with Gasteiger partial charge in [-0.25, -0.2) is 9.59 Å². The van der Waals surface area contributed by atoms with Crippen LogP contribution in [-0.2, 0) is 4.79 Å². The minimum absolute atomic E-state index is 0.109. The first-order chi connectivity index (χ1) is 8.50. The van der Waals surface area contributed by atoms with E-state index in [0.717, 1.165) is 12.8 Å². The molecule has 0 aromatic heterocycles. The van der Waals surface area contributed by atoms with E-state index in [4.69, 9.17) is 5.11 Å². The summed E-state index contributed by atoms with van der Waals surface area (Å²) in [4.78, 5) is 24.9. The monoisotopic (exact) mass is 258 g/mol. The minimum atomic E-state index is -1.21. The Morgan fingerprint density at radius 1 is 1.33 bits per heavy atom. The van der Waals surface area contributed by atoms with Crippen molar-refractivity contribution in [3.8, 4) is 0 Å². The molecule has 1 aliphatic carbocycles. The number of rotatable bonds is 7. The number of hydrogen-bond acceptors (Lipinski definition) is 3. The third-order valence-electron chi connectivity index (χ3n) is 3.55. The first-order valence-electron chi connectivity index (χ1n) is 6.43. The van der Waals surface area contributed by atoms with E-state index in [2.05, 4.69) is 5.32 Å². The highest BCUT2D eigenvalue weighted by Gasteiger charge is 2.40. The topological polar surface area (TPSA) is 89.9 Å². The fourth-order valence-electron chi connectivity index (χ4n) is 2.00. The molecule has 104 valence electrons. The number of nitrogens with one attached hydrogen (secondary N) is 1. The molecule has 3 N–H and O–H groups in total. The largest absolute Gasteiger partial charge is 0.480 e. The molecule has 0 aromatic carbocycles. The van der Waals surface area contributed by atoms with E-state index in [1.54, 1.807) is 13.8 Å². The normalized spacial score (nSPS) is 15.3.